The third kappa shape index (κ3) is 2.88. The Kier molecular flexibility index (Phi) is 4.21. The zero-order chi connectivity index (χ0) is 10.6. The molecule has 0 bridgehead atoms. The lowest BCUT2D eigenvalue weighted by atomic mass is 9.98. The Morgan fingerprint density at radius 1 is 1.29 bits per heavy atom. The molecule has 0 N–H and O–H groups in total. The first-order valence-electron chi connectivity index (χ1n) is 5.01. The van der Waals surface area contributed by atoms with Gasteiger partial charge in [0, 0.05) is 5.02 Å². The van der Waals surface area contributed by atoms with Crippen LogP contribution in [-0.2, 0) is 6.42 Å². The fraction of sp³-hybridized carbons (Fsp3) is 0.385. The molecule has 0 fully saturated rings. The van der Waals surface area contributed by atoms with E-state index in [4.69, 9.17) is 11.6 Å². The average molecular weight is 209 g/mol. The van der Waals surface area contributed by atoms with Gasteiger partial charge < -0.3 is 0 Å². The van der Waals surface area contributed by atoms with E-state index in [1.807, 2.05) is 18.2 Å². The fourth-order valence-electron chi connectivity index (χ4n) is 1.76. The molecular weight excluding hydrogens is 192 g/mol. The number of halogens is 1. The van der Waals surface area contributed by atoms with Crippen LogP contribution in [0.2, 0.25) is 5.02 Å². The number of allylic oxidation sites excluding steroid dienone is 1. The lowest BCUT2D eigenvalue weighted by molar-refractivity contribution is 0.833. The number of unbranched alkanes of at least 4 members (excludes halogenated alkanes) is 1. The maximum absolute atomic E-state index is 5.97. The van der Waals surface area contributed by atoms with Crippen LogP contribution in [0.15, 0.2) is 24.8 Å². The van der Waals surface area contributed by atoms with Crippen LogP contribution < -0.4 is 0 Å². The van der Waals surface area contributed by atoms with Crippen molar-refractivity contribution in [2.24, 2.45) is 0 Å². The first-order chi connectivity index (χ1) is 6.65. The second-order valence-electron chi connectivity index (χ2n) is 3.70. The molecule has 0 atom stereocenters. The van der Waals surface area contributed by atoms with Gasteiger partial charge in [-0.25, -0.2) is 0 Å². The van der Waals surface area contributed by atoms with E-state index in [1.54, 1.807) is 0 Å². The number of hydrogen-bond donors (Lipinski definition) is 0. The van der Waals surface area contributed by atoms with Crippen molar-refractivity contribution in [2.75, 3.05) is 0 Å². The van der Waals surface area contributed by atoms with Crippen LogP contribution in [0.25, 0.3) is 0 Å². The molecule has 0 spiro atoms. The summed E-state index contributed by atoms with van der Waals surface area (Å²) in [6.45, 7) is 7.98. The van der Waals surface area contributed by atoms with Crippen LogP contribution in [0.5, 0.6) is 0 Å². The largest absolute Gasteiger partial charge is 0.103 e. The number of hydrogen-bond acceptors (Lipinski definition) is 0. The van der Waals surface area contributed by atoms with Crippen molar-refractivity contribution in [3.8, 4) is 0 Å². The average Bonchev–Trinajstić information content (AvgIpc) is 2.09. The second kappa shape index (κ2) is 5.21. The molecule has 0 heterocycles. The Hall–Kier alpha value is -0.750. The van der Waals surface area contributed by atoms with Crippen molar-refractivity contribution in [1.29, 1.82) is 0 Å². The molecule has 0 unspecified atom stereocenters. The molecule has 0 nitrogen and oxygen atoms in total. The highest BCUT2D eigenvalue weighted by molar-refractivity contribution is 6.30. The molecule has 1 rings (SSSR count). The van der Waals surface area contributed by atoms with Gasteiger partial charge in [0.05, 0.1) is 0 Å². The van der Waals surface area contributed by atoms with Gasteiger partial charge in [0.15, 0.2) is 0 Å². The van der Waals surface area contributed by atoms with E-state index in [9.17, 15) is 0 Å². The van der Waals surface area contributed by atoms with Crippen LogP contribution in [0.1, 0.15) is 29.5 Å². The SMILES string of the molecule is C=CCCCc1c(C)cc(Cl)cc1C. The first kappa shape index (κ1) is 11.3. The Balaban J connectivity index is 2.80. The smallest absolute Gasteiger partial charge is 0.0411 e. The standard InChI is InChI=1S/C13H17Cl/c1-4-5-6-7-13-10(2)8-12(14)9-11(13)3/h4,8-9H,1,5-7H2,2-3H3. The van der Waals surface area contributed by atoms with Crippen LogP contribution in [-0.4, -0.2) is 0 Å². The van der Waals surface area contributed by atoms with Gasteiger partial charge >= 0.3 is 0 Å². The minimum atomic E-state index is 0.840. The summed E-state index contributed by atoms with van der Waals surface area (Å²) < 4.78 is 0. The quantitative estimate of drug-likeness (QED) is 0.506. The molecule has 1 heteroatoms. The van der Waals surface area contributed by atoms with Crippen molar-refractivity contribution in [3.63, 3.8) is 0 Å². The van der Waals surface area contributed by atoms with E-state index < -0.39 is 0 Å². The maximum atomic E-state index is 5.97. The summed E-state index contributed by atoms with van der Waals surface area (Å²) in [6, 6.07) is 4.08. The summed E-state index contributed by atoms with van der Waals surface area (Å²) in [6.07, 6.45) is 5.36. The summed E-state index contributed by atoms with van der Waals surface area (Å²) in [5.41, 5.74) is 4.05. The van der Waals surface area contributed by atoms with Gasteiger partial charge in [-0.15, -0.1) is 6.58 Å². The molecule has 0 radical (unpaired) electrons. The van der Waals surface area contributed by atoms with E-state index in [0.717, 1.165) is 17.9 Å². The molecular formula is C13H17Cl. The molecule has 0 aliphatic carbocycles. The molecule has 1 aromatic carbocycles. The van der Waals surface area contributed by atoms with E-state index in [2.05, 4.69) is 20.4 Å². The maximum Gasteiger partial charge on any atom is 0.0411 e. The van der Waals surface area contributed by atoms with Crippen molar-refractivity contribution < 1.29 is 0 Å². The molecule has 0 aromatic heterocycles. The predicted molar refractivity (Wildman–Crippen MR) is 64.1 cm³/mol. The Labute approximate surface area is 91.6 Å². The van der Waals surface area contributed by atoms with Gasteiger partial charge in [-0.3, -0.25) is 0 Å². The summed E-state index contributed by atoms with van der Waals surface area (Å²) >= 11 is 5.97. The molecule has 1 aromatic rings. The highest BCUT2D eigenvalue weighted by Crippen LogP contribution is 2.21. The topological polar surface area (TPSA) is 0 Å². The molecule has 0 amide bonds. The first-order valence-corrected chi connectivity index (χ1v) is 5.39. The Bertz CT molecular complexity index is 303. The highest BCUT2D eigenvalue weighted by Gasteiger charge is 2.03. The van der Waals surface area contributed by atoms with Gasteiger partial charge in [0.2, 0.25) is 0 Å². The van der Waals surface area contributed by atoms with Crippen molar-refractivity contribution in [3.05, 3.63) is 46.5 Å². The minimum Gasteiger partial charge on any atom is -0.103 e. The molecule has 0 saturated carbocycles. The lowest BCUT2D eigenvalue weighted by Crippen LogP contribution is -1.93. The third-order valence-corrected chi connectivity index (χ3v) is 2.71. The zero-order valence-electron chi connectivity index (χ0n) is 8.94. The molecule has 76 valence electrons. The zero-order valence-corrected chi connectivity index (χ0v) is 9.69. The van der Waals surface area contributed by atoms with Crippen molar-refractivity contribution in [2.45, 2.75) is 33.1 Å². The second-order valence-corrected chi connectivity index (χ2v) is 4.14. The monoisotopic (exact) mass is 208 g/mol. The predicted octanol–water partition coefficient (Wildman–Crippen LogP) is 4.47. The normalized spacial score (nSPS) is 10.2. The van der Waals surface area contributed by atoms with Gasteiger partial charge in [-0.05, 0) is 61.9 Å². The van der Waals surface area contributed by atoms with Gasteiger partial charge in [0.25, 0.3) is 0 Å². The number of rotatable bonds is 4. The number of aryl methyl sites for hydroxylation is 2. The Morgan fingerprint density at radius 2 is 1.86 bits per heavy atom. The number of benzene rings is 1. The van der Waals surface area contributed by atoms with Crippen molar-refractivity contribution >= 4 is 11.6 Å². The van der Waals surface area contributed by atoms with E-state index in [1.165, 1.54) is 23.1 Å². The van der Waals surface area contributed by atoms with E-state index in [0.29, 0.717) is 0 Å². The Morgan fingerprint density at radius 3 is 2.36 bits per heavy atom. The summed E-state index contributed by atoms with van der Waals surface area (Å²) in [5.74, 6) is 0. The van der Waals surface area contributed by atoms with E-state index in [-0.39, 0.29) is 0 Å². The minimum absolute atomic E-state index is 0.840. The van der Waals surface area contributed by atoms with Crippen LogP contribution in [0.4, 0.5) is 0 Å². The molecule has 0 saturated heterocycles. The van der Waals surface area contributed by atoms with Crippen molar-refractivity contribution in [1.82, 2.24) is 0 Å². The molecule has 0 aliphatic rings. The lowest BCUT2D eigenvalue weighted by Gasteiger charge is -2.09. The van der Waals surface area contributed by atoms with Crippen LogP contribution in [0, 0.1) is 13.8 Å². The van der Waals surface area contributed by atoms with Gasteiger partial charge in [0.1, 0.15) is 0 Å². The van der Waals surface area contributed by atoms with Gasteiger partial charge in [-0.1, -0.05) is 17.7 Å². The summed E-state index contributed by atoms with van der Waals surface area (Å²) in [4.78, 5) is 0. The summed E-state index contributed by atoms with van der Waals surface area (Å²) in [7, 11) is 0. The highest BCUT2D eigenvalue weighted by atomic mass is 35.5. The third-order valence-electron chi connectivity index (χ3n) is 2.50. The fourth-order valence-corrected chi connectivity index (χ4v) is 2.09. The molecule has 0 aliphatic heterocycles. The van der Waals surface area contributed by atoms with E-state index >= 15 is 0 Å². The van der Waals surface area contributed by atoms with Gasteiger partial charge in [-0.2, -0.15) is 0 Å². The van der Waals surface area contributed by atoms with Crippen LogP contribution >= 0.6 is 11.6 Å². The molecule has 14 heavy (non-hydrogen) atoms. The summed E-state index contributed by atoms with van der Waals surface area (Å²) in [5, 5.41) is 0.840. The van der Waals surface area contributed by atoms with Crippen LogP contribution in [0.3, 0.4) is 0 Å².